The van der Waals surface area contributed by atoms with Crippen molar-refractivity contribution in [3.8, 4) is 10.4 Å². The average Bonchev–Trinajstić information content (AvgIpc) is 2.95. The summed E-state index contributed by atoms with van der Waals surface area (Å²) in [5.74, 6) is 0.331. The highest BCUT2D eigenvalue weighted by atomic mass is 32.1. The van der Waals surface area contributed by atoms with Crippen molar-refractivity contribution in [1.82, 2.24) is 0 Å². The molecule has 1 aliphatic carbocycles. The van der Waals surface area contributed by atoms with Gasteiger partial charge in [-0.2, -0.15) is 0 Å². The van der Waals surface area contributed by atoms with E-state index in [4.69, 9.17) is 0 Å². The summed E-state index contributed by atoms with van der Waals surface area (Å²) in [6, 6.07) is 10.7. The normalized spacial score (nSPS) is 14.3. The van der Waals surface area contributed by atoms with Gasteiger partial charge in [0.05, 0.1) is 4.88 Å². The summed E-state index contributed by atoms with van der Waals surface area (Å²) in [5.41, 5.74) is 4.35. The number of fused-ring (bicyclic) bond motifs is 1. The number of Topliss-reactive ketones (excluding diaryl/α,β-unsaturated/α-hetero) is 1. The zero-order valence-corrected chi connectivity index (χ0v) is 12.9. The Morgan fingerprint density at radius 3 is 2.70 bits per heavy atom. The number of ketones is 1. The van der Waals surface area contributed by atoms with E-state index in [1.807, 2.05) is 19.9 Å². The Labute approximate surface area is 124 Å². The number of aryl methyl sites for hydroxylation is 1. The third kappa shape index (κ3) is 2.45. The molecule has 0 spiro atoms. The van der Waals surface area contributed by atoms with Gasteiger partial charge in [-0.15, -0.1) is 11.3 Å². The Kier molecular flexibility index (Phi) is 3.75. The molecule has 0 aliphatic heterocycles. The molecule has 1 nitrogen and oxygen atoms in total. The van der Waals surface area contributed by atoms with E-state index < -0.39 is 0 Å². The lowest BCUT2D eigenvalue weighted by molar-refractivity contribution is 0.0943. The van der Waals surface area contributed by atoms with Crippen LogP contribution in [-0.2, 0) is 12.8 Å². The van der Waals surface area contributed by atoms with Crippen LogP contribution < -0.4 is 0 Å². The zero-order valence-electron chi connectivity index (χ0n) is 12.1. The average molecular weight is 284 g/mol. The van der Waals surface area contributed by atoms with Crippen LogP contribution in [0.2, 0.25) is 0 Å². The summed E-state index contributed by atoms with van der Waals surface area (Å²) in [6.07, 6.45) is 4.97. The Balaban J connectivity index is 2.00. The Bertz CT molecular complexity index is 637. The van der Waals surface area contributed by atoms with E-state index in [0.29, 0.717) is 0 Å². The first-order chi connectivity index (χ1) is 9.66. The quantitative estimate of drug-likeness (QED) is 0.714. The minimum absolute atomic E-state index is 0.0752. The highest BCUT2D eigenvalue weighted by molar-refractivity contribution is 7.17. The van der Waals surface area contributed by atoms with Crippen molar-refractivity contribution in [1.29, 1.82) is 0 Å². The van der Waals surface area contributed by atoms with Crippen LogP contribution in [0.25, 0.3) is 10.4 Å². The SMILES string of the molecule is CC(C)C(=O)c1ccc(-c2cccc3c2CCCC3)s1. The Hall–Kier alpha value is -1.41. The molecule has 0 atom stereocenters. The van der Waals surface area contributed by atoms with Crippen LogP contribution in [0.15, 0.2) is 30.3 Å². The minimum atomic E-state index is 0.0752. The van der Waals surface area contributed by atoms with Crippen molar-refractivity contribution in [3.05, 3.63) is 46.3 Å². The molecule has 1 aromatic carbocycles. The molecule has 2 aromatic rings. The van der Waals surface area contributed by atoms with Crippen molar-refractivity contribution in [3.63, 3.8) is 0 Å². The van der Waals surface area contributed by atoms with Gasteiger partial charge in [-0.3, -0.25) is 4.79 Å². The summed E-state index contributed by atoms with van der Waals surface area (Å²) in [4.78, 5) is 14.2. The van der Waals surface area contributed by atoms with E-state index >= 15 is 0 Å². The van der Waals surface area contributed by atoms with Crippen LogP contribution in [0, 0.1) is 5.92 Å². The molecule has 20 heavy (non-hydrogen) atoms. The number of carbonyl (C=O) groups is 1. The van der Waals surface area contributed by atoms with Crippen molar-refractivity contribution in [2.75, 3.05) is 0 Å². The van der Waals surface area contributed by atoms with Gasteiger partial charge >= 0.3 is 0 Å². The van der Waals surface area contributed by atoms with Crippen LogP contribution >= 0.6 is 11.3 Å². The van der Waals surface area contributed by atoms with E-state index in [0.717, 1.165) is 4.88 Å². The summed E-state index contributed by atoms with van der Waals surface area (Å²) < 4.78 is 0. The van der Waals surface area contributed by atoms with Gasteiger partial charge in [0, 0.05) is 10.8 Å². The molecular formula is C18H20OS. The smallest absolute Gasteiger partial charge is 0.175 e. The highest BCUT2D eigenvalue weighted by Crippen LogP contribution is 2.35. The topological polar surface area (TPSA) is 17.1 Å². The number of benzene rings is 1. The second kappa shape index (κ2) is 5.53. The van der Waals surface area contributed by atoms with Gasteiger partial charge in [-0.25, -0.2) is 0 Å². The lowest BCUT2D eigenvalue weighted by Gasteiger charge is -2.18. The molecule has 0 N–H and O–H groups in total. The maximum absolute atomic E-state index is 12.1. The zero-order chi connectivity index (χ0) is 14.1. The second-order valence-electron chi connectivity index (χ2n) is 5.83. The van der Waals surface area contributed by atoms with Gasteiger partial charge in [0.1, 0.15) is 0 Å². The molecule has 1 aromatic heterocycles. The summed E-state index contributed by atoms with van der Waals surface area (Å²) >= 11 is 1.65. The maximum atomic E-state index is 12.1. The molecule has 1 aliphatic rings. The lowest BCUT2D eigenvalue weighted by atomic mass is 9.88. The number of hydrogen-bond acceptors (Lipinski definition) is 2. The summed E-state index contributed by atoms with van der Waals surface area (Å²) in [6.45, 7) is 3.93. The Morgan fingerprint density at radius 1 is 1.10 bits per heavy atom. The third-order valence-electron chi connectivity index (χ3n) is 4.03. The highest BCUT2D eigenvalue weighted by Gasteiger charge is 2.17. The first kappa shape index (κ1) is 13.6. The molecule has 0 saturated carbocycles. The molecule has 0 bridgehead atoms. The molecule has 0 saturated heterocycles. The molecule has 2 heteroatoms. The minimum Gasteiger partial charge on any atom is -0.293 e. The van der Waals surface area contributed by atoms with Gasteiger partial charge < -0.3 is 0 Å². The maximum Gasteiger partial charge on any atom is 0.175 e. The van der Waals surface area contributed by atoms with Gasteiger partial charge in [0.2, 0.25) is 0 Å². The van der Waals surface area contributed by atoms with Gasteiger partial charge in [-0.05, 0) is 54.5 Å². The van der Waals surface area contributed by atoms with Crippen molar-refractivity contribution in [2.45, 2.75) is 39.5 Å². The first-order valence-electron chi connectivity index (χ1n) is 7.42. The monoisotopic (exact) mass is 284 g/mol. The van der Waals surface area contributed by atoms with Crippen LogP contribution in [-0.4, -0.2) is 5.78 Å². The number of thiophene rings is 1. The van der Waals surface area contributed by atoms with Gasteiger partial charge in [0.15, 0.2) is 5.78 Å². The van der Waals surface area contributed by atoms with E-state index in [2.05, 4.69) is 24.3 Å². The second-order valence-corrected chi connectivity index (χ2v) is 6.92. The van der Waals surface area contributed by atoms with Crippen molar-refractivity contribution in [2.24, 2.45) is 5.92 Å². The molecule has 0 radical (unpaired) electrons. The van der Waals surface area contributed by atoms with E-state index in [9.17, 15) is 4.79 Å². The lowest BCUT2D eigenvalue weighted by Crippen LogP contribution is -2.04. The van der Waals surface area contributed by atoms with Gasteiger partial charge in [-0.1, -0.05) is 32.0 Å². The van der Waals surface area contributed by atoms with Crippen molar-refractivity contribution < 1.29 is 4.79 Å². The largest absolute Gasteiger partial charge is 0.293 e. The summed E-state index contributed by atoms with van der Waals surface area (Å²) in [7, 11) is 0. The molecule has 0 amide bonds. The van der Waals surface area contributed by atoms with E-state index in [-0.39, 0.29) is 11.7 Å². The summed E-state index contributed by atoms with van der Waals surface area (Å²) in [5, 5.41) is 0. The van der Waals surface area contributed by atoms with Gasteiger partial charge in [0.25, 0.3) is 0 Å². The van der Waals surface area contributed by atoms with Crippen LogP contribution in [0.1, 0.15) is 47.5 Å². The van der Waals surface area contributed by atoms with E-state index in [1.54, 1.807) is 11.3 Å². The van der Waals surface area contributed by atoms with Crippen LogP contribution in [0.3, 0.4) is 0 Å². The first-order valence-corrected chi connectivity index (χ1v) is 8.23. The van der Waals surface area contributed by atoms with E-state index in [1.165, 1.54) is 47.3 Å². The molecule has 3 rings (SSSR count). The van der Waals surface area contributed by atoms with Crippen LogP contribution in [0.4, 0.5) is 0 Å². The fourth-order valence-corrected chi connectivity index (χ4v) is 4.06. The number of carbonyl (C=O) groups excluding carboxylic acids is 1. The predicted octanol–water partition coefficient (Wildman–Crippen LogP) is 5.13. The van der Waals surface area contributed by atoms with Crippen LogP contribution in [0.5, 0.6) is 0 Å². The fourth-order valence-electron chi connectivity index (χ4n) is 2.91. The predicted molar refractivity (Wildman–Crippen MR) is 85.6 cm³/mol. The molecule has 104 valence electrons. The third-order valence-corrected chi connectivity index (χ3v) is 5.17. The molecule has 0 unspecified atom stereocenters. The molecular weight excluding hydrogens is 264 g/mol. The molecule has 0 fully saturated rings. The Morgan fingerprint density at radius 2 is 1.90 bits per heavy atom. The standard InChI is InChI=1S/C18H20OS/c1-12(2)18(19)17-11-10-16(20-17)15-9-5-7-13-6-3-4-8-14(13)15/h5,7,9-12H,3-4,6,8H2,1-2H3. The number of hydrogen-bond donors (Lipinski definition) is 0. The van der Waals surface area contributed by atoms with Crippen molar-refractivity contribution >= 4 is 17.1 Å². The number of rotatable bonds is 3. The fraction of sp³-hybridized carbons (Fsp3) is 0.389. The molecule has 1 heterocycles.